The maximum absolute atomic E-state index is 13.1. The van der Waals surface area contributed by atoms with Crippen LogP contribution < -0.4 is 10.6 Å². The second kappa shape index (κ2) is 10.9. The van der Waals surface area contributed by atoms with E-state index in [4.69, 9.17) is 14.2 Å². The van der Waals surface area contributed by atoms with Crippen molar-refractivity contribution in [3.05, 3.63) is 35.9 Å². The molecule has 1 atom stereocenters. The highest BCUT2D eigenvalue weighted by atomic mass is 16.6. The van der Waals surface area contributed by atoms with E-state index in [0.717, 1.165) is 5.56 Å². The van der Waals surface area contributed by atoms with E-state index in [9.17, 15) is 14.4 Å². The van der Waals surface area contributed by atoms with Gasteiger partial charge in [-0.2, -0.15) is 0 Å². The van der Waals surface area contributed by atoms with Gasteiger partial charge in [0, 0.05) is 19.6 Å². The van der Waals surface area contributed by atoms with E-state index < -0.39 is 34.9 Å². The lowest BCUT2D eigenvalue weighted by atomic mass is 9.99. The maximum Gasteiger partial charge on any atom is 0.408 e. The molecule has 0 saturated carbocycles. The first-order valence-electron chi connectivity index (χ1n) is 11.2. The van der Waals surface area contributed by atoms with E-state index >= 15 is 0 Å². The molecule has 1 aliphatic rings. The van der Waals surface area contributed by atoms with Gasteiger partial charge in [0.15, 0.2) is 5.54 Å². The van der Waals surface area contributed by atoms with Gasteiger partial charge in [-0.3, -0.25) is 4.90 Å². The molecule has 2 amide bonds. The minimum absolute atomic E-state index is 0.0471. The van der Waals surface area contributed by atoms with Crippen LogP contribution in [0.1, 0.15) is 53.5 Å². The van der Waals surface area contributed by atoms with Crippen LogP contribution in [-0.4, -0.2) is 66.0 Å². The van der Waals surface area contributed by atoms with Gasteiger partial charge >= 0.3 is 18.2 Å². The highest BCUT2D eigenvalue weighted by molar-refractivity contribution is 5.86. The molecule has 0 radical (unpaired) electrons. The number of nitrogens with zero attached hydrogens (tertiary/aromatic N) is 1. The molecule has 1 aliphatic heterocycles. The van der Waals surface area contributed by atoms with E-state index in [0.29, 0.717) is 26.1 Å². The first-order valence-corrected chi connectivity index (χ1v) is 11.2. The first-order chi connectivity index (χ1) is 15.3. The number of hydrogen-bond acceptors (Lipinski definition) is 7. The molecule has 1 aromatic rings. The molecule has 2 rings (SSSR count). The number of hydrogen-bond donors (Lipinski definition) is 2. The molecule has 33 heavy (non-hydrogen) atoms. The lowest BCUT2D eigenvalue weighted by Gasteiger charge is -2.30. The Morgan fingerprint density at radius 3 is 2.18 bits per heavy atom. The van der Waals surface area contributed by atoms with Gasteiger partial charge in [0.05, 0.1) is 6.54 Å². The summed E-state index contributed by atoms with van der Waals surface area (Å²) >= 11 is 0. The van der Waals surface area contributed by atoms with Gasteiger partial charge in [-0.25, -0.2) is 14.4 Å². The van der Waals surface area contributed by atoms with Crippen LogP contribution in [0.5, 0.6) is 0 Å². The summed E-state index contributed by atoms with van der Waals surface area (Å²) in [6.45, 7) is 12.2. The summed E-state index contributed by atoms with van der Waals surface area (Å²) in [6, 6.07) is 9.90. The summed E-state index contributed by atoms with van der Waals surface area (Å²) in [7, 11) is 0. The summed E-state index contributed by atoms with van der Waals surface area (Å²) in [6.07, 6.45) is -0.875. The predicted octanol–water partition coefficient (Wildman–Crippen LogP) is 3.22. The Morgan fingerprint density at radius 2 is 1.58 bits per heavy atom. The lowest BCUT2D eigenvalue weighted by Crippen LogP contribution is -2.58. The van der Waals surface area contributed by atoms with Gasteiger partial charge in [0.1, 0.15) is 17.8 Å². The third-order valence-corrected chi connectivity index (χ3v) is 4.73. The Balaban J connectivity index is 1.99. The van der Waals surface area contributed by atoms with E-state index in [1.165, 1.54) is 0 Å². The van der Waals surface area contributed by atoms with Crippen LogP contribution in [0.2, 0.25) is 0 Å². The van der Waals surface area contributed by atoms with Gasteiger partial charge < -0.3 is 24.8 Å². The van der Waals surface area contributed by atoms with Crippen LogP contribution in [0, 0.1) is 0 Å². The standard InChI is InChI=1S/C24H37N3O6/c1-22(2,3)32-20(29)25-13-15-31-19(28)24(26-21(30)33-23(4,5)6)12-14-27(17-24)16-18-10-8-7-9-11-18/h7-11H,12-17H2,1-6H3,(H,25,29)(H,26,30). The maximum atomic E-state index is 13.1. The zero-order valence-electron chi connectivity index (χ0n) is 20.5. The number of benzene rings is 1. The third-order valence-electron chi connectivity index (χ3n) is 4.73. The Morgan fingerprint density at radius 1 is 0.970 bits per heavy atom. The molecule has 9 nitrogen and oxygen atoms in total. The van der Waals surface area contributed by atoms with Crippen molar-refractivity contribution in [3.63, 3.8) is 0 Å². The molecule has 1 aromatic carbocycles. The summed E-state index contributed by atoms with van der Waals surface area (Å²) in [5.74, 6) is -0.560. The largest absolute Gasteiger partial charge is 0.462 e. The lowest BCUT2D eigenvalue weighted by molar-refractivity contribution is -0.151. The number of rotatable bonds is 7. The van der Waals surface area contributed by atoms with Crippen molar-refractivity contribution in [2.24, 2.45) is 0 Å². The molecule has 1 fully saturated rings. The van der Waals surface area contributed by atoms with E-state index in [1.54, 1.807) is 41.5 Å². The highest BCUT2D eigenvalue weighted by Crippen LogP contribution is 2.25. The predicted molar refractivity (Wildman–Crippen MR) is 124 cm³/mol. The average molecular weight is 464 g/mol. The Bertz CT molecular complexity index is 816. The summed E-state index contributed by atoms with van der Waals surface area (Å²) in [4.78, 5) is 39.4. The number of nitrogens with one attached hydrogen (secondary N) is 2. The Kier molecular flexibility index (Phi) is 8.71. The van der Waals surface area contributed by atoms with Gasteiger partial charge in [0.25, 0.3) is 0 Å². The number of esters is 1. The second-order valence-corrected chi connectivity index (χ2v) is 10.2. The number of carbonyl (C=O) groups excluding carboxylic acids is 3. The highest BCUT2D eigenvalue weighted by Gasteiger charge is 2.48. The minimum atomic E-state index is -1.23. The monoisotopic (exact) mass is 463 g/mol. The first kappa shape index (κ1) is 26.4. The van der Waals surface area contributed by atoms with E-state index in [2.05, 4.69) is 15.5 Å². The average Bonchev–Trinajstić information content (AvgIpc) is 3.06. The molecule has 1 heterocycles. The topological polar surface area (TPSA) is 106 Å². The van der Waals surface area contributed by atoms with Crippen molar-refractivity contribution in [1.29, 1.82) is 0 Å². The molecule has 0 bridgehead atoms. The summed E-state index contributed by atoms with van der Waals surface area (Å²) in [5, 5.41) is 5.31. The molecule has 184 valence electrons. The molecule has 0 spiro atoms. The van der Waals surface area contributed by atoms with Crippen LogP contribution in [0.25, 0.3) is 0 Å². The number of carbonyl (C=O) groups is 3. The van der Waals surface area contributed by atoms with Gasteiger partial charge in [-0.05, 0) is 53.5 Å². The van der Waals surface area contributed by atoms with Gasteiger partial charge in [0.2, 0.25) is 0 Å². The second-order valence-electron chi connectivity index (χ2n) is 10.2. The van der Waals surface area contributed by atoms with Gasteiger partial charge in [-0.1, -0.05) is 30.3 Å². The molecule has 0 aliphatic carbocycles. The fraction of sp³-hybridized carbons (Fsp3) is 0.625. The molecule has 1 saturated heterocycles. The fourth-order valence-electron chi connectivity index (χ4n) is 3.43. The molecular weight excluding hydrogens is 426 g/mol. The van der Waals surface area contributed by atoms with Gasteiger partial charge in [-0.15, -0.1) is 0 Å². The molecule has 0 aromatic heterocycles. The molecule has 2 N–H and O–H groups in total. The number of amides is 2. The normalized spacial score (nSPS) is 19.0. The van der Waals surface area contributed by atoms with Crippen LogP contribution in [-0.2, 0) is 25.5 Å². The molecule has 1 unspecified atom stereocenters. The van der Waals surface area contributed by atoms with Crippen LogP contribution in [0.4, 0.5) is 9.59 Å². The van der Waals surface area contributed by atoms with Crippen LogP contribution in [0.15, 0.2) is 30.3 Å². The van der Waals surface area contributed by atoms with Crippen LogP contribution in [0.3, 0.4) is 0 Å². The number of ether oxygens (including phenoxy) is 3. The van der Waals surface area contributed by atoms with Crippen molar-refractivity contribution in [2.75, 3.05) is 26.2 Å². The number of alkyl carbamates (subject to hydrolysis) is 2. The third kappa shape index (κ3) is 9.29. The van der Waals surface area contributed by atoms with Crippen LogP contribution >= 0.6 is 0 Å². The molecular formula is C24H37N3O6. The van der Waals surface area contributed by atoms with Crippen molar-refractivity contribution < 1.29 is 28.6 Å². The van der Waals surface area contributed by atoms with Crippen molar-refractivity contribution >= 4 is 18.2 Å². The SMILES string of the molecule is CC(C)(C)OC(=O)NCCOC(=O)C1(NC(=O)OC(C)(C)C)CCN(Cc2ccccc2)C1. The smallest absolute Gasteiger partial charge is 0.408 e. The Labute approximate surface area is 196 Å². The van der Waals surface area contributed by atoms with E-state index in [1.807, 2.05) is 30.3 Å². The quantitative estimate of drug-likeness (QED) is 0.363. The fourth-order valence-corrected chi connectivity index (χ4v) is 3.43. The zero-order chi connectivity index (χ0) is 24.7. The zero-order valence-corrected chi connectivity index (χ0v) is 20.5. The summed E-state index contributed by atoms with van der Waals surface area (Å²) in [5.41, 5.74) is -1.44. The Hall–Kier alpha value is -2.81. The van der Waals surface area contributed by atoms with Crippen molar-refractivity contribution in [3.8, 4) is 0 Å². The van der Waals surface area contributed by atoms with E-state index in [-0.39, 0.29) is 13.2 Å². The summed E-state index contributed by atoms with van der Waals surface area (Å²) < 4.78 is 16.0. The molecule has 9 heteroatoms. The van der Waals surface area contributed by atoms with Crippen molar-refractivity contribution in [2.45, 2.75) is 71.2 Å². The minimum Gasteiger partial charge on any atom is -0.462 e. The van der Waals surface area contributed by atoms with Crippen molar-refractivity contribution in [1.82, 2.24) is 15.5 Å². The number of likely N-dealkylation sites (tertiary alicyclic amines) is 1.